The number of carbonyl (C=O) groups excluding carboxylic acids is 1. The lowest BCUT2D eigenvalue weighted by Crippen LogP contribution is -2.22. The zero-order chi connectivity index (χ0) is 21.9. The van der Waals surface area contributed by atoms with Crippen molar-refractivity contribution in [2.75, 3.05) is 32.3 Å². The summed E-state index contributed by atoms with van der Waals surface area (Å²) in [7, 11) is 1.06. The molecule has 0 aliphatic rings. The Balaban J connectivity index is 1.74. The number of hydrogen-bond acceptors (Lipinski definition) is 6. The third-order valence-electron chi connectivity index (χ3n) is 4.45. The summed E-state index contributed by atoms with van der Waals surface area (Å²) in [6, 6.07) is 13.9. The van der Waals surface area contributed by atoms with Gasteiger partial charge < -0.3 is 10.1 Å². The first-order valence-corrected chi connectivity index (χ1v) is 11.5. The summed E-state index contributed by atoms with van der Waals surface area (Å²) in [5, 5.41) is 4.30. The second-order valence-electron chi connectivity index (χ2n) is 6.81. The maximum absolute atomic E-state index is 12.4. The molecular weight excluding hydrogens is 422 g/mol. The number of pyridine rings is 1. The zero-order valence-corrected chi connectivity index (χ0v) is 18.8. The van der Waals surface area contributed by atoms with Gasteiger partial charge in [0.1, 0.15) is 5.75 Å². The lowest BCUT2D eigenvalue weighted by atomic mass is 10.1. The van der Waals surface area contributed by atoms with Gasteiger partial charge >= 0.3 is 0 Å². The molecule has 0 aliphatic heterocycles. The van der Waals surface area contributed by atoms with Gasteiger partial charge in [0, 0.05) is 31.2 Å². The van der Waals surface area contributed by atoms with Crippen LogP contribution in [0.3, 0.4) is 0 Å². The van der Waals surface area contributed by atoms with Crippen LogP contribution < -0.4 is 10.1 Å². The number of aromatic nitrogens is 1. The normalized spacial score (nSPS) is 11.6. The number of nitrogens with one attached hydrogen (secondary N) is 1. The predicted octanol–water partition coefficient (Wildman–Crippen LogP) is 3.53. The molecule has 0 spiro atoms. The summed E-state index contributed by atoms with van der Waals surface area (Å²) >= 11 is 1.32. The van der Waals surface area contributed by atoms with E-state index < -0.39 is 10.0 Å². The van der Waals surface area contributed by atoms with Gasteiger partial charge in [-0.25, -0.2) is 17.7 Å². The van der Waals surface area contributed by atoms with Crippen molar-refractivity contribution in [1.82, 2.24) is 9.29 Å². The van der Waals surface area contributed by atoms with E-state index in [1.807, 2.05) is 13.0 Å². The maximum Gasteiger partial charge on any atom is 0.242 e. The van der Waals surface area contributed by atoms with Crippen molar-refractivity contribution in [2.24, 2.45) is 0 Å². The number of amides is 1. The highest BCUT2D eigenvalue weighted by atomic mass is 32.2. The number of fused-ring (bicyclic) bond motifs is 1. The zero-order valence-electron chi connectivity index (χ0n) is 17.2. The Labute approximate surface area is 180 Å². The molecule has 0 saturated heterocycles. The van der Waals surface area contributed by atoms with E-state index in [1.165, 1.54) is 30.2 Å². The van der Waals surface area contributed by atoms with E-state index in [2.05, 4.69) is 10.3 Å². The van der Waals surface area contributed by atoms with Crippen LogP contribution in [0.15, 0.2) is 58.5 Å². The fourth-order valence-electron chi connectivity index (χ4n) is 2.83. The third-order valence-corrected chi connectivity index (χ3v) is 7.17. The monoisotopic (exact) mass is 445 g/mol. The highest BCUT2D eigenvalue weighted by Gasteiger charge is 2.18. The van der Waals surface area contributed by atoms with E-state index >= 15 is 0 Å². The highest BCUT2D eigenvalue weighted by molar-refractivity contribution is 7.99. The number of anilines is 1. The van der Waals surface area contributed by atoms with Crippen molar-refractivity contribution in [3.8, 4) is 5.75 Å². The molecule has 30 heavy (non-hydrogen) atoms. The Morgan fingerprint density at radius 2 is 1.93 bits per heavy atom. The first-order valence-electron chi connectivity index (χ1n) is 9.11. The van der Waals surface area contributed by atoms with Crippen molar-refractivity contribution in [3.05, 3.63) is 54.1 Å². The van der Waals surface area contributed by atoms with Gasteiger partial charge in [-0.2, -0.15) is 0 Å². The van der Waals surface area contributed by atoms with Crippen LogP contribution in [-0.2, 0) is 14.8 Å². The molecule has 1 heterocycles. The Kier molecular flexibility index (Phi) is 6.64. The number of rotatable bonds is 7. The SMILES string of the molecule is COc1cccc(NC(=O)CSc2cc(C)c3cc(S(=O)(=O)N(C)C)ccc3n2)c1. The van der Waals surface area contributed by atoms with Crippen LogP contribution in [0.4, 0.5) is 5.69 Å². The second kappa shape index (κ2) is 9.03. The number of methoxy groups -OCH3 is 1. The Hall–Kier alpha value is -2.62. The molecule has 3 rings (SSSR count). The standard InChI is InChI=1S/C21H23N3O4S2/c1-14-10-21(29-13-20(25)22-15-6-5-7-16(11-15)28-4)23-19-9-8-17(12-18(14)19)30(26,27)24(2)3/h5-12H,13H2,1-4H3,(H,22,25). The Morgan fingerprint density at radius 1 is 1.17 bits per heavy atom. The van der Waals surface area contributed by atoms with Gasteiger partial charge in [0.2, 0.25) is 15.9 Å². The van der Waals surface area contributed by atoms with E-state index in [1.54, 1.807) is 49.6 Å². The van der Waals surface area contributed by atoms with E-state index in [-0.39, 0.29) is 16.6 Å². The first kappa shape index (κ1) is 22.1. The largest absolute Gasteiger partial charge is 0.497 e. The number of ether oxygens (including phenoxy) is 1. The number of carbonyl (C=O) groups is 1. The molecule has 0 saturated carbocycles. The third kappa shape index (κ3) is 4.92. The molecule has 9 heteroatoms. The molecule has 0 atom stereocenters. The molecule has 1 N–H and O–H groups in total. The average molecular weight is 446 g/mol. The van der Waals surface area contributed by atoms with Gasteiger partial charge in [-0.05, 0) is 48.9 Å². The molecule has 0 aliphatic carbocycles. The molecule has 3 aromatic rings. The molecular formula is C21H23N3O4S2. The molecule has 0 bridgehead atoms. The summed E-state index contributed by atoms with van der Waals surface area (Å²) in [4.78, 5) is 17.1. The maximum atomic E-state index is 12.4. The summed E-state index contributed by atoms with van der Waals surface area (Å²) in [6.45, 7) is 1.90. The van der Waals surface area contributed by atoms with Gasteiger partial charge in [0.05, 0.1) is 28.3 Å². The Bertz CT molecular complexity index is 1190. The van der Waals surface area contributed by atoms with E-state index in [9.17, 15) is 13.2 Å². The summed E-state index contributed by atoms with van der Waals surface area (Å²) in [5.74, 6) is 0.713. The van der Waals surface area contributed by atoms with E-state index in [0.29, 0.717) is 22.0 Å². The average Bonchev–Trinajstić information content (AvgIpc) is 2.72. The van der Waals surface area contributed by atoms with Crippen LogP contribution in [-0.4, -0.2) is 50.6 Å². The minimum absolute atomic E-state index is 0.153. The lowest BCUT2D eigenvalue weighted by molar-refractivity contribution is -0.113. The highest BCUT2D eigenvalue weighted by Crippen LogP contribution is 2.27. The van der Waals surface area contributed by atoms with Gasteiger partial charge in [-0.1, -0.05) is 17.8 Å². The van der Waals surface area contributed by atoms with Gasteiger partial charge in [-0.3, -0.25) is 4.79 Å². The van der Waals surface area contributed by atoms with Crippen LogP contribution >= 0.6 is 11.8 Å². The molecule has 2 aromatic carbocycles. The van der Waals surface area contributed by atoms with E-state index in [0.717, 1.165) is 10.9 Å². The van der Waals surface area contributed by atoms with Crippen molar-refractivity contribution in [2.45, 2.75) is 16.8 Å². The number of thioether (sulfide) groups is 1. The van der Waals surface area contributed by atoms with Crippen molar-refractivity contribution >= 4 is 44.3 Å². The minimum Gasteiger partial charge on any atom is -0.497 e. The van der Waals surface area contributed by atoms with Crippen LogP contribution in [0.1, 0.15) is 5.56 Å². The quantitative estimate of drug-likeness (QED) is 0.560. The van der Waals surface area contributed by atoms with Crippen molar-refractivity contribution in [3.63, 3.8) is 0 Å². The number of nitrogens with zero attached hydrogens (tertiary/aromatic N) is 2. The van der Waals surface area contributed by atoms with Crippen molar-refractivity contribution in [1.29, 1.82) is 0 Å². The van der Waals surface area contributed by atoms with Crippen LogP contribution in [0.5, 0.6) is 5.75 Å². The van der Waals surface area contributed by atoms with Crippen LogP contribution in [0.2, 0.25) is 0 Å². The molecule has 1 amide bonds. The van der Waals surface area contributed by atoms with Gasteiger partial charge in [-0.15, -0.1) is 0 Å². The predicted molar refractivity (Wildman–Crippen MR) is 120 cm³/mol. The number of sulfonamides is 1. The molecule has 158 valence electrons. The number of aryl methyl sites for hydroxylation is 1. The lowest BCUT2D eigenvalue weighted by Gasteiger charge is -2.13. The van der Waals surface area contributed by atoms with Gasteiger partial charge in [0.25, 0.3) is 0 Å². The van der Waals surface area contributed by atoms with Gasteiger partial charge in [0.15, 0.2) is 0 Å². The smallest absolute Gasteiger partial charge is 0.242 e. The first-order chi connectivity index (χ1) is 14.2. The molecule has 0 unspecified atom stereocenters. The molecule has 1 aromatic heterocycles. The van der Waals surface area contributed by atoms with E-state index in [4.69, 9.17) is 4.74 Å². The number of benzene rings is 2. The summed E-state index contributed by atoms with van der Waals surface area (Å²) < 4.78 is 31.1. The van der Waals surface area contributed by atoms with Crippen LogP contribution in [0.25, 0.3) is 10.9 Å². The summed E-state index contributed by atoms with van der Waals surface area (Å²) in [5.41, 5.74) is 2.24. The van der Waals surface area contributed by atoms with Crippen molar-refractivity contribution < 1.29 is 17.9 Å². The molecule has 0 fully saturated rings. The van der Waals surface area contributed by atoms with Crippen LogP contribution in [0, 0.1) is 6.92 Å². The minimum atomic E-state index is -3.51. The molecule has 0 radical (unpaired) electrons. The number of hydrogen-bond donors (Lipinski definition) is 1. The fourth-order valence-corrected chi connectivity index (χ4v) is 4.53. The molecule has 7 nitrogen and oxygen atoms in total. The summed E-state index contributed by atoms with van der Waals surface area (Å²) in [6.07, 6.45) is 0. The fraction of sp³-hybridized carbons (Fsp3) is 0.238. The topological polar surface area (TPSA) is 88.6 Å². The Morgan fingerprint density at radius 3 is 2.63 bits per heavy atom. The second-order valence-corrected chi connectivity index (χ2v) is 9.96.